The molecular weight excluding hydrogens is 391 g/mol. The summed E-state index contributed by atoms with van der Waals surface area (Å²) in [6, 6.07) is 10.1. The van der Waals surface area contributed by atoms with E-state index in [-0.39, 0.29) is 12.4 Å². The van der Waals surface area contributed by atoms with Crippen LogP contribution < -0.4 is 20.5 Å². The van der Waals surface area contributed by atoms with Crippen LogP contribution in [0.4, 0.5) is 4.39 Å². The van der Waals surface area contributed by atoms with Crippen LogP contribution >= 0.6 is 15.9 Å². The largest absolute Gasteiger partial charge is 0.490 e. The second kappa shape index (κ2) is 9.39. The lowest BCUT2D eigenvalue weighted by molar-refractivity contribution is -0.119. The average Bonchev–Trinajstić information content (AvgIpc) is 2.56. The van der Waals surface area contributed by atoms with E-state index in [0.29, 0.717) is 35.7 Å². The van der Waals surface area contributed by atoms with E-state index in [1.54, 1.807) is 12.1 Å². The van der Waals surface area contributed by atoms with Crippen molar-refractivity contribution in [1.29, 1.82) is 0 Å². The number of carbonyl (C=O) groups excluding carboxylic acids is 1. The minimum Gasteiger partial charge on any atom is -0.490 e. The summed E-state index contributed by atoms with van der Waals surface area (Å²) in [6.45, 7) is 3.31. The number of rotatable bonds is 9. The molecule has 7 heteroatoms. The monoisotopic (exact) mass is 410 g/mol. The van der Waals surface area contributed by atoms with Crippen molar-refractivity contribution < 1.29 is 18.7 Å². The first-order chi connectivity index (χ1) is 12.0. The smallest absolute Gasteiger partial charge is 0.255 e. The van der Waals surface area contributed by atoms with Gasteiger partial charge < -0.3 is 20.5 Å². The minimum atomic E-state index is -0.556. The van der Waals surface area contributed by atoms with Gasteiger partial charge in [0.1, 0.15) is 5.82 Å². The number of primary amides is 1. The molecule has 2 aromatic rings. The molecule has 0 saturated carbocycles. The van der Waals surface area contributed by atoms with Gasteiger partial charge in [0.2, 0.25) is 0 Å². The molecular formula is C18H20BrFN2O3. The molecule has 5 nitrogen and oxygen atoms in total. The molecule has 0 fully saturated rings. The van der Waals surface area contributed by atoms with Crippen molar-refractivity contribution in [1.82, 2.24) is 5.32 Å². The van der Waals surface area contributed by atoms with Gasteiger partial charge in [-0.1, -0.05) is 12.1 Å². The molecule has 2 aromatic carbocycles. The lowest BCUT2D eigenvalue weighted by Gasteiger charge is -2.15. The zero-order valence-corrected chi connectivity index (χ0v) is 15.4. The van der Waals surface area contributed by atoms with Crippen molar-refractivity contribution in [3.8, 4) is 11.5 Å². The van der Waals surface area contributed by atoms with Gasteiger partial charge in [0.15, 0.2) is 18.1 Å². The SMILES string of the molecule is CCOc1cc(CNCc2ccc(F)cc2)cc(Br)c1OCC(N)=O. The number of hydrogen-bond donors (Lipinski definition) is 2. The summed E-state index contributed by atoms with van der Waals surface area (Å²) in [7, 11) is 0. The minimum absolute atomic E-state index is 0.221. The Labute approximate surface area is 154 Å². The Morgan fingerprint density at radius 1 is 1.16 bits per heavy atom. The zero-order valence-electron chi connectivity index (χ0n) is 13.9. The Balaban J connectivity index is 2.04. The van der Waals surface area contributed by atoms with E-state index in [2.05, 4.69) is 21.2 Å². The summed E-state index contributed by atoms with van der Waals surface area (Å²) in [4.78, 5) is 10.9. The molecule has 0 aliphatic heterocycles. The first-order valence-electron chi connectivity index (χ1n) is 7.81. The van der Waals surface area contributed by atoms with Crippen LogP contribution in [-0.2, 0) is 17.9 Å². The maximum absolute atomic E-state index is 12.9. The first kappa shape index (κ1) is 19.2. The highest BCUT2D eigenvalue weighted by Gasteiger charge is 2.13. The van der Waals surface area contributed by atoms with E-state index in [9.17, 15) is 9.18 Å². The topological polar surface area (TPSA) is 73.6 Å². The van der Waals surface area contributed by atoms with Crippen molar-refractivity contribution in [2.45, 2.75) is 20.0 Å². The van der Waals surface area contributed by atoms with Gasteiger partial charge in [-0.2, -0.15) is 0 Å². The number of ether oxygens (including phenoxy) is 2. The van der Waals surface area contributed by atoms with Crippen LogP contribution in [0.3, 0.4) is 0 Å². The molecule has 2 rings (SSSR count). The van der Waals surface area contributed by atoms with Crippen molar-refractivity contribution in [2.75, 3.05) is 13.2 Å². The summed E-state index contributed by atoms with van der Waals surface area (Å²) in [5, 5.41) is 3.29. The van der Waals surface area contributed by atoms with Crippen LogP contribution in [0.15, 0.2) is 40.9 Å². The second-order valence-corrected chi connectivity index (χ2v) is 6.18. The fourth-order valence-electron chi connectivity index (χ4n) is 2.22. The molecule has 0 saturated heterocycles. The summed E-state index contributed by atoms with van der Waals surface area (Å²) in [5.74, 6) is 0.180. The normalized spacial score (nSPS) is 10.5. The molecule has 0 aliphatic carbocycles. The lowest BCUT2D eigenvalue weighted by atomic mass is 10.2. The lowest BCUT2D eigenvalue weighted by Crippen LogP contribution is -2.20. The van der Waals surface area contributed by atoms with E-state index in [1.165, 1.54) is 12.1 Å². The summed E-state index contributed by atoms with van der Waals surface area (Å²) in [5.41, 5.74) is 7.09. The maximum atomic E-state index is 12.9. The molecule has 0 heterocycles. The van der Waals surface area contributed by atoms with Crippen LogP contribution in [0.2, 0.25) is 0 Å². The van der Waals surface area contributed by atoms with Crippen molar-refractivity contribution in [3.63, 3.8) is 0 Å². The summed E-state index contributed by atoms with van der Waals surface area (Å²) in [6.07, 6.45) is 0. The third kappa shape index (κ3) is 6.03. The van der Waals surface area contributed by atoms with Gasteiger partial charge in [-0.05, 0) is 58.2 Å². The van der Waals surface area contributed by atoms with Gasteiger partial charge in [-0.15, -0.1) is 0 Å². The third-order valence-electron chi connectivity index (χ3n) is 3.30. The van der Waals surface area contributed by atoms with Crippen LogP contribution in [-0.4, -0.2) is 19.1 Å². The second-order valence-electron chi connectivity index (χ2n) is 5.32. The van der Waals surface area contributed by atoms with Crippen LogP contribution in [0.1, 0.15) is 18.1 Å². The van der Waals surface area contributed by atoms with Crippen molar-refractivity contribution >= 4 is 21.8 Å². The predicted molar refractivity (Wildman–Crippen MR) is 96.9 cm³/mol. The predicted octanol–water partition coefficient (Wildman–Crippen LogP) is 3.14. The number of hydrogen-bond acceptors (Lipinski definition) is 4. The van der Waals surface area contributed by atoms with Gasteiger partial charge in [0.25, 0.3) is 5.91 Å². The van der Waals surface area contributed by atoms with E-state index in [1.807, 2.05) is 19.1 Å². The fraction of sp³-hybridized carbons (Fsp3) is 0.278. The summed E-state index contributed by atoms with van der Waals surface area (Å²) < 4.78 is 24.6. The number of halogens is 2. The van der Waals surface area contributed by atoms with Gasteiger partial charge in [-0.25, -0.2) is 4.39 Å². The molecule has 25 heavy (non-hydrogen) atoms. The Kier molecular flexibility index (Phi) is 7.21. The average molecular weight is 411 g/mol. The molecule has 0 atom stereocenters. The number of benzene rings is 2. The molecule has 1 amide bonds. The molecule has 0 radical (unpaired) electrons. The Morgan fingerprint density at radius 3 is 2.48 bits per heavy atom. The molecule has 0 aromatic heterocycles. The van der Waals surface area contributed by atoms with Crippen LogP contribution in [0.5, 0.6) is 11.5 Å². The Bertz CT molecular complexity index is 723. The highest BCUT2D eigenvalue weighted by molar-refractivity contribution is 9.10. The molecule has 0 spiro atoms. The van der Waals surface area contributed by atoms with E-state index in [0.717, 1.165) is 11.1 Å². The number of carbonyl (C=O) groups is 1. The van der Waals surface area contributed by atoms with Gasteiger partial charge >= 0.3 is 0 Å². The van der Waals surface area contributed by atoms with Crippen molar-refractivity contribution in [3.05, 3.63) is 57.8 Å². The highest BCUT2D eigenvalue weighted by atomic mass is 79.9. The number of nitrogens with two attached hydrogens (primary N) is 1. The van der Waals surface area contributed by atoms with E-state index >= 15 is 0 Å². The molecule has 134 valence electrons. The van der Waals surface area contributed by atoms with Gasteiger partial charge in [0.05, 0.1) is 11.1 Å². The Morgan fingerprint density at radius 2 is 1.84 bits per heavy atom. The van der Waals surface area contributed by atoms with Crippen LogP contribution in [0, 0.1) is 5.82 Å². The molecule has 0 unspecified atom stereocenters. The Hall–Kier alpha value is -2.12. The fourth-order valence-corrected chi connectivity index (χ4v) is 2.83. The first-order valence-corrected chi connectivity index (χ1v) is 8.60. The quantitative estimate of drug-likeness (QED) is 0.665. The highest BCUT2D eigenvalue weighted by Crippen LogP contribution is 2.37. The molecule has 0 aliphatic rings. The van der Waals surface area contributed by atoms with Gasteiger partial charge in [0, 0.05) is 13.1 Å². The number of nitrogens with one attached hydrogen (secondary N) is 1. The molecule has 3 N–H and O–H groups in total. The van der Waals surface area contributed by atoms with Crippen molar-refractivity contribution in [2.24, 2.45) is 5.73 Å². The number of amides is 1. The molecule has 0 bridgehead atoms. The summed E-state index contributed by atoms with van der Waals surface area (Å²) >= 11 is 3.44. The maximum Gasteiger partial charge on any atom is 0.255 e. The standard InChI is InChI=1S/C18H20BrFN2O3/c1-2-24-16-8-13(7-15(19)18(16)25-11-17(21)23)10-22-9-12-3-5-14(20)6-4-12/h3-8,22H,2,9-11H2,1H3,(H2,21,23). The van der Waals surface area contributed by atoms with Crippen LogP contribution in [0.25, 0.3) is 0 Å². The van der Waals surface area contributed by atoms with E-state index < -0.39 is 5.91 Å². The third-order valence-corrected chi connectivity index (χ3v) is 3.89. The zero-order chi connectivity index (χ0) is 18.2. The van der Waals surface area contributed by atoms with Gasteiger partial charge in [-0.3, -0.25) is 4.79 Å². The van der Waals surface area contributed by atoms with E-state index in [4.69, 9.17) is 15.2 Å².